The van der Waals surface area contributed by atoms with Crippen molar-refractivity contribution in [3.8, 4) is 5.75 Å². The molecule has 4 nitrogen and oxygen atoms in total. The largest absolute Gasteiger partial charge is 0.491 e. The molecule has 0 unspecified atom stereocenters. The van der Waals surface area contributed by atoms with Gasteiger partial charge in [0, 0.05) is 12.2 Å². The Kier molecular flexibility index (Phi) is 5.15. The van der Waals surface area contributed by atoms with Crippen molar-refractivity contribution in [2.45, 2.75) is 51.0 Å². The maximum atomic E-state index is 13.2. The molecular formula is C24H29NO3. The molecule has 1 saturated heterocycles. The van der Waals surface area contributed by atoms with E-state index in [0.29, 0.717) is 12.8 Å². The summed E-state index contributed by atoms with van der Waals surface area (Å²) in [4.78, 5) is 15.2. The molecule has 1 saturated carbocycles. The second-order valence-electron chi connectivity index (χ2n) is 8.33. The Labute approximate surface area is 167 Å². The molecule has 2 aliphatic rings. The van der Waals surface area contributed by atoms with Crippen LogP contribution in [0.5, 0.6) is 5.75 Å². The summed E-state index contributed by atoms with van der Waals surface area (Å²) in [6, 6.07) is 17.9. The predicted molar refractivity (Wildman–Crippen MR) is 111 cm³/mol. The fourth-order valence-corrected chi connectivity index (χ4v) is 4.52. The number of carbonyl (C=O) groups excluding carboxylic acids is 1. The standard InChI is InChI=1S/C24H29NO3/c1-2-19-8-10-20(11-9-19)25-17-16-23(22(25)26)12-14-24(27,15-13-23)18-28-21-6-4-3-5-7-21/h3-11,27H,2,12-18H2,1H3/t23-,24-. The van der Waals surface area contributed by atoms with Crippen molar-refractivity contribution in [2.75, 3.05) is 18.1 Å². The normalized spacial score (nSPS) is 27.4. The van der Waals surface area contributed by atoms with Gasteiger partial charge in [0.25, 0.3) is 0 Å². The molecule has 2 aromatic carbocycles. The van der Waals surface area contributed by atoms with Gasteiger partial charge in [-0.25, -0.2) is 0 Å². The lowest BCUT2D eigenvalue weighted by Crippen LogP contribution is -2.46. The zero-order valence-electron chi connectivity index (χ0n) is 16.6. The molecule has 2 aromatic rings. The zero-order chi connectivity index (χ0) is 19.6. The van der Waals surface area contributed by atoms with E-state index >= 15 is 0 Å². The number of rotatable bonds is 5. The molecule has 0 bridgehead atoms. The molecule has 4 rings (SSSR count). The van der Waals surface area contributed by atoms with Gasteiger partial charge in [-0.3, -0.25) is 4.79 Å². The van der Waals surface area contributed by atoms with Crippen LogP contribution in [0.3, 0.4) is 0 Å². The van der Waals surface area contributed by atoms with Crippen LogP contribution in [0.1, 0.15) is 44.6 Å². The van der Waals surface area contributed by atoms with E-state index in [2.05, 4.69) is 31.2 Å². The first-order valence-electron chi connectivity index (χ1n) is 10.3. The van der Waals surface area contributed by atoms with Gasteiger partial charge in [0.05, 0.1) is 11.0 Å². The highest BCUT2D eigenvalue weighted by Gasteiger charge is 2.51. The number of benzene rings is 2. The molecule has 1 heterocycles. The Bertz CT molecular complexity index is 808. The topological polar surface area (TPSA) is 49.8 Å². The first kappa shape index (κ1) is 19.0. The molecular weight excluding hydrogens is 350 g/mol. The van der Waals surface area contributed by atoms with Gasteiger partial charge in [-0.05, 0) is 68.4 Å². The van der Waals surface area contributed by atoms with Crippen LogP contribution in [-0.2, 0) is 11.2 Å². The van der Waals surface area contributed by atoms with Crippen LogP contribution < -0.4 is 9.64 Å². The Balaban J connectivity index is 1.38. The van der Waals surface area contributed by atoms with Crippen LogP contribution in [0.15, 0.2) is 54.6 Å². The van der Waals surface area contributed by atoms with E-state index in [-0.39, 0.29) is 17.9 Å². The van der Waals surface area contributed by atoms with E-state index < -0.39 is 5.60 Å². The van der Waals surface area contributed by atoms with Gasteiger partial charge in [0.2, 0.25) is 5.91 Å². The quantitative estimate of drug-likeness (QED) is 0.840. The smallest absolute Gasteiger partial charge is 0.233 e. The summed E-state index contributed by atoms with van der Waals surface area (Å²) < 4.78 is 5.79. The Morgan fingerprint density at radius 2 is 1.64 bits per heavy atom. The van der Waals surface area contributed by atoms with Crippen molar-refractivity contribution in [3.05, 3.63) is 60.2 Å². The second-order valence-corrected chi connectivity index (χ2v) is 8.33. The highest BCUT2D eigenvalue weighted by molar-refractivity contribution is 6.00. The molecule has 1 spiro atoms. The number of carbonyl (C=O) groups is 1. The minimum atomic E-state index is -0.850. The van der Waals surface area contributed by atoms with Gasteiger partial charge in [-0.1, -0.05) is 37.3 Å². The number of hydrogen-bond donors (Lipinski definition) is 1. The number of amides is 1. The summed E-state index contributed by atoms with van der Waals surface area (Å²) >= 11 is 0. The lowest BCUT2D eigenvalue weighted by molar-refractivity contribution is -0.132. The second kappa shape index (κ2) is 7.59. The van der Waals surface area contributed by atoms with Crippen molar-refractivity contribution < 1.29 is 14.6 Å². The lowest BCUT2D eigenvalue weighted by atomic mass is 9.68. The van der Waals surface area contributed by atoms with Crippen molar-refractivity contribution in [3.63, 3.8) is 0 Å². The molecule has 0 radical (unpaired) electrons. The predicted octanol–water partition coefficient (Wildman–Crippen LogP) is 4.36. The average Bonchev–Trinajstić information content (AvgIpc) is 3.06. The van der Waals surface area contributed by atoms with Gasteiger partial charge >= 0.3 is 0 Å². The summed E-state index contributed by atoms with van der Waals surface area (Å²) in [6.45, 7) is 3.18. The molecule has 0 aromatic heterocycles. The highest BCUT2D eigenvalue weighted by atomic mass is 16.5. The minimum absolute atomic E-state index is 0.225. The highest BCUT2D eigenvalue weighted by Crippen LogP contribution is 2.48. The zero-order valence-corrected chi connectivity index (χ0v) is 16.6. The van der Waals surface area contributed by atoms with Crippen molar-refractivity contribution >= 4 is 11.6 Å². The fourth-order valence-electron chi connectivity index (χ4n) is 4.52. The molecule has 4 heteroatoms. The van der Waals surface area contributed by atoms with Gasteiger partial charge in [0.15, 0.2) is 0 Å². The minimum Gasteiger partial charge on any atom is -0.491 e. The maximum Gasteiger partial charge on any atom is 0.233 e. The summed E-state index contributed by atoms with van der Waals surface area (Å²) in [7, 11) is 0. The van der Waals surface area contributed by atoms with Crippen molar-refractivity contribution in [1.29, 1.82) is 0 Å². The fraction of sp³-hybridized carbons (Fsp3) is 0.458. The van der Waals surface area contributed by atoms with Crippen molar-refractivity contribution in [1.82, 2.24) is 0 Å². The van der Waals surface area contributed by atoms with Crippen molar-refractivity contribution in [2.24, 2.45) is 5.41 Å². The Morgan fingerprint density at radius 1 is 0.964 bits per heavy atom. The number of anilines is 1. The molecule has 0 atom stereocenters. The lowest BCUT2D eigenvalue weighted by Gasteiger charge is -2.40. The summed E-state index contributed by atoms with van der Waals surface area (Å²) in [5.74, 6) is 0.998. The molecule has 2 fully saturated rings. The third-order valence-corrected chi connectivity index (χ3v) is 6.56. The van der Waals surface area contributed by atoms with E-state index in [1.54, 1.807) is 0 Å². The monoisotopic (exact) mass is 379 g/mol. The molecule has 1 aliphatic carbocycles. The number of nitrogens with zero attached hydrogens (tertiary/aromatic N) is 1. The molecule has 1 amide bonds. The first-order chi connectivity index (χ1) is 13.5. The van der Waals surface area contributed by atoms with Gasteiger partial charge in [0.1, 0.15) is 12.4 Å². The Morgan fingerprint density at radius 3 is 2.29 bits per heavy atom. The Hall–Kier alpha value is -2.33. The van der Waals surface area contributed by atoms with E-state index in [1.807, 2.05) is 35.2 Å². The number of hydrogen-bond acceptors (Lipinski definition) is 3. The number of aryl methyl sites for hydroxylation is 1. The van der Waals surface area contributed by atoms with Crippen LogP contribution in [0, 0.1) is 5.41 Å². The van der Waals surface area contributed by atoms with E-state index in [0.717, 1.165) is 43.7 Å². The molecule has 148 valence electrons. The number of ether oxygens (including phenoxy) is 1. The molecule has 1 aliphatic heterocycles. The summed E-state index contributed by atoms with van der Waals surface area (Å²) in [5.41, 5.74) is 1.11. The van der Waals surface area contributed by atoms with Gasteiger partial charge in [-0.2, -0.15) is 0 Å². The number of aliphatic hydroxyl groups is 1. The third-order valence-electron chi connectivity index (χ3n) is 6.56. The number of para-hydroxylation sites is 1. The van der Waals surface area contributed by atoms with Crippen LogP contribution in [-0.4, -0.2) is 29.8 Å². The van der Waals surface area contributed by atoms with E-state index in [1.165, 1.54) is 5.56 Å². The van der Waals surface area contributed by atoms with E-state index in [4.69, 9.17) is 4.74 Å². The van der Waals surface area contributed by atoms with Gasteiger partial charge in [-0.15, -0.1) is 0 Å². The van der Waals surface area contributed by atoms with Crippen LogP contribution in [0.25, 0.3) is 0 Å². The van der Waals surface area contributed by atoms with Crippen LogP contribution in [0.4, 0.5) is 5.69 Å². The first-order valence-corrected chi connectivity index (χ1v) is 10.3. The average molecular weight is 380 g/mol. The molecule has 1 N–H and O–H groups in total. The molecule has 28 heavy (non-hydrogen) atoms. The maximum absolute atomic E-state index is 13.2. The SMILES string of the molecule is CCc1ccc(N2CC[C@]3(CC[C@](O)(COc4ccccc4)CC3)C2=O)cc1. The summed E-state index contributed by atoms with van der Waals surface area (Å²) in [5, 5.41) is 11.0. The van der Waals surface area contributed by atoms with Crippen LogP contribution in [0.2, 0.25) is 0 Å². The van der Waals surface area contributed by atoms with Crippen LogP contribution >= 0.6 is 0 Å². The summed E-state index contributed by atoms with van der Waals surface area (Å²) in [6.07, 6.45) is 4.54. The third kappa shape index (κ3) is 3.66. The van der Waals surface area contributed by atoms with E-state index in [9.17, 15) is 9.90 Å². The van der Waals surface area contributed by atoms with Gasteiger partial charge < -0.3 is 14.7 Å².